The predicted octanol–water partition coefficient (Wildman–Crippen LogP) is 1.74. The van der Waals surface area contributed by atoms with Crippen LogP contribution in [0.4, 0.5) is 0 Å². The number of carbonyl (C=O) groups is 1. The molecular weight excluding hydrogens is 246 g/mol. The molecule has 1 aromatic rings. The number of nitrogens with zero attached hydrogens (tertiary/aromatic N) is 1. The van der Waals surface area contributed by atoms with Gasteiger partial charge >= 0.3 is 0 Å². The molecule has 1 aromatic heterocycles. The zero-order chi connectivity index (χ0) is 13.1. The molecular formula is C13H19N3OS. The maximum absolute atomic E-state index is 12.2. The fraction of sp³-hybridized carbons (Fsp3) is 0.538. The molecule has 4 nitrogen and oxygen atoms in total. The van der Waals surface area contributed by atoms with Crippen LogP contribution in [0.15, 0.2) is 18.3 Å². The van der Waals surface area contributed by atoms with Crippen LogP contribution in [-0.4, -0.2) is 21.5 Å². The lowest BCUT2D eigenvalue weighted by Gasteiger charge is -2.19. The summed E-state index contributed by atoms with van der Waals surface area (Å²) in [5, 5.41) is 3.09. The SMILES string of the molecule is CC(C(=O)NC1CCCC1)n1cccc1C(N)=S. The van der Waals surface area contributed by atoms with Gasteiger partial charge in [0.05, 0.1) is 5.69 Å². The summed E-state index contributed by atoms with van der Waals surface area (Å²) in [5.74, 6) is 0.0376. The maximum Gasteiger partial charge on any atom is 0.242 e. The van der Waals surface area contributed by atoms with Gasteiger partial charge in [-0.25, -0.2) is 0 Å². The van der Waals surface area contributed by atoms with Gasteiger partial charge in [0.1, 0.15) is 11.0 Å². The summed E-state index contributed by atoms with van der Waals surface area (Å²) >= 11 is 4.98. The monoisotopic (exact) mass is 265 g/mol. The number of hydrogen-bond donors (Lipinski definition) is 2. The van der Waals surface area contributed by atoms with E-state index in [0.717, 1.165) is 18.5 Å². The second kappa shape index (κ2) is 5.52. The molecule has 1 fully saturated rings. The third kappa shape index (κ3) is 2.72. The van der Waals surface area contributed by atoms with Gasteiger partial charge in [-0.1, -0.05) is 25.1 Å². The van der Waals surface area contributed by atoms with E-state index in [9.17, 15) is 4.79 Å². The van der Waals surface area contributed by atoms with Gasteiger partial charge < -0.3 is 15.6 Å². The summed E-state index contributed by atoms with van der Waals surface area (Å²) in [4.78, 5) is 12.5. The Morgan fingerprint density at radius 1 is 1.56 bits per heavy atom. The maximum atomic E-state index is 12.2. The number of thiocarbonyl (C=S) groups is 1. The number of rotatable bonds is 4. The van der Waals surface area contributed by atoms with E-state index in [-0.39, 0.29) is 11.9 Å². The van der Waals surface area contributed by atoms with Crippen LogP contribution >= 0.6 is 12.2 Å². The number of hydrogen-bond acceptors (Lipinski definition) is 2. The predicted molar refractivity (Wildman–Crippen MR) is 75.4 cm³/mol. The average Bonchev–Trinajstić information content (AvgIpc) is 2.97. The van der Waals surface area contributed by atoms with Crippen LogP contribution in [0, 0.1) is 0 Å². The van der Waals surface area contributed by atoms with Crippen molar-refractivity contribution in [3.8, 4) is 0 Å². The minimum atomic E-state index is -0.280. The summed E-state index contributed by atoms with van der Waals surface area (Å²) in [6.07, 6.45) is 6.44. The summed E-state index contributed by atoms with van der Waals surface area (Å²) in [6, 6.07) is 3.75. The van der Waals surface area contributed by atoms with Crippen molar-refractivity contribution < 1.29 is 4.79 Å². The average molecular weight is 265 g/mol. The van der Waals surface area contributed by atoms with Gasteiger partial charge in [0.2, 0.25) is 5.91 Å². The molecule has 1 saturated carbocycles. The van der Waals surface area contributed by atoms with Crippen molar-refractivity contribution >= 4 is 23.1 Å². The number of carbonyl (C=O) groups excluding carboxylic acids is 1. The number of nitrogens with one attached hydrogen (secondary N) is 1. The first-order valence-electron chi connectivity index (χ1n) is 6.36. The number of aromatic nitrogens is 1. The second-order valence-corrected chi connectivity index (χ2v) is 5.27. The zero-order valence-electron chi connectivity index (χ0n) is 10.6. The molecule has 0 spiro atoms. The van der Waals surface area contributed by atoms with E-state index in [4.69, 9.17) is 18.0 Å². The summed E-state index contributed by atoms with van der Waals surface area (Å²) in [6.45, 7) is 1.87. The molecule has 0 radical (unpaired) electrons. The third-order valence-electron chi connectivity index (χ3n) is 3.53. The molecule has 2 rings (SSSR count). The van der Waals surface area contributed by atoms with E-state index in [1.807, 2.05) is 29.8 Å². The van der Waals surface area contributed by atoms with Crippen LogP contribution in [0.1, 0.15) is 44.3 Å². The largest absolute Gasteiger partial charge is 0.388 e. The van der Waals surface area contributed by atoms with Crippen molar-refractivity contribution in [2.75, 3.05) is 0 Å². The smallest absolute Gasteiger partial charge is 0.242 e. The molecule has 1 atom stereocenters. The van der Waals surface area contributed by atoms with Crippen molar-refractivity contribution in [2.24, 2.45) is 5.73 Å². The van der Waals surface area contributed by atoms with Gasteiger partial charge in [0.25, 0.3) is 0 Å². The first-order valence-corrected chi connectivity index (χ1v) is 6.77. The summed E-state index contributed by atoms with van der Waals surface area (Å²) in [7, 11) is 0. The van der Waals surface area contributed by atoms with Crippen LogP contribution in [0.25, 0.3) is 0 Å². The third-order valence-corrected chi connectivity index (χ3v) is 3.74. The van der Waals surface area contributed by atoms with Crippen molar-refractivity contribution in [2.45, 2.75) is 44.7 Å². The highest BCUT2D eigenvalue weighted by Crippen LogP contribution is 2.19. The van der Waals surface area contributed by atoms with Crippen LogP contribution in [-0.2, 0) is 4.79 Å². The fourth-order valence-electron chi connectivity index (χ4n) is 2.46. The van der Waals surface area contributed by atoms with E-state index in [1.54, 1.807) is 0 Å². The van der Waals surface area contributed by atoms with Crippen LogP contribution in [0.5, 0.6) is 0 Å². The lowest BCUT2D eigenvalue weighted by molar-refractivity contribution is -0.124. The molecule has 0 aliphatic heterocycles. The Morgan fingerprint density at radius 2 is 2.22 bits per heavy atom. The van der Waals surface area contributed by atoms with Gasteiger partial charge in [0, 0.05) is 12.2 Å². The Labute approximate surface area is 113 Å². The number of nitrogens with two attached hydrogens (primary N) is 1. The van der Waals surface area contributed by atoms with E-state index in [0.29, 0.717) is 11.0 Å². The van der Waals surface area contributed by atoms with Crippen LogP contribution < -0.4 is 11.1 Å². The standard InChI is InChI=1S/C13H19N3OS/c1-9(13(17)15-10-5-2-3-6-10)16-8-4-7-11(16)12(14)18/h4,7-10H,2-3,5-6H2,1H3,(H2,14,18)(H,15,17). The normalized spacial score (nSPS) is 17.6. The molecule has 0 saturated heterocycles. The van der Waals surface area contributed by atoms with Gasteiger partial charge in [-0.2, -0.15) is 0 Å². The van der Waals surface area contributed by atoms with Crippen LogP contribution in [0.2, 0.25) is 0 Å². The molecule has 1 aliphatic rings. The van der Waals surface area contributed by atoms with Gasteiger partial charge in [-0.15, -0.1) is 0 Å². The lowest BCUT2D eigenvalue weighted by atomic mass is 10.2. The molecule has 1 heterocycles. The summed E-state index contributed by atoms with van der Waals surface area (Å²) < 4.78 is 1.83. The molecule has 98 valence electrons. The summed E-state index contributed by atoms with van der Waals surface area (Å²) in [5.41, 5.74) is 6.37. The molecule has 18 heavy (non-hydrogen) atoms. The molecule has 1 amide bonds. The molecule has 5 heteroatoms. The minimum absolute atomic E-state index is 0.0376. The van der Waals surface area contributed by atoms with Gasteiger partial charge in [0.15, 0.2) is 0 Å². The van der Waals surface area contributed by atoms with Crippen LogP contribution in [0.3, 0.4) is 0 Å². The Morgan fingerprint density at radius 3 is 2.83 bits per heavy atom. The Balaban J connectivity index is 2.05. The van der Waals surface area contributed by atoms with Crippen molar-refractivity contribution in [3.05, 3.63) is 24.0 Å². The van der Waals surface area contributed by atoms with E-state index >= 15 is 0 Å². The highest BCUT2D eigenvalue weighted by Gasteiger charge is 2.22. The highest BCUT2D eigenvalue weighted by molar-refractivity contribution is 7.80. The Hall–Kier alpha value is -1.36. The molecule has 1 aliphatic carbocycles. The first kappa shape index (κ1) is 13.1. The highest BCUT2D eigenvalue weighted by atomic mass is 32.1. The lowest BCUT2D eigenvalue weighted by Crippen LogP contribution is -2.38. The number of amides is 1. The van der Waals surface area contributed by atoms with Crippen molar-refractivity contribution in [3.63, 3.8) is 0 Å². The quantitative estimate of drug-likeness (QED) is 0.815. The van der Waals surface area contributed by atoms with Gasteiger partial charge in [-0.3, -0.25) is 4.79 Å². The topological polar surface area (TPSA) is 60.0 Å². The zero-order valence-corrected chi connectivity index (χ0v) is 11.4. The Kier molecular flexibility index (Phi) is 4.01. The van der Waals surface area contributed by atoms with E-state index in [2.05, 4.69) is 5.32 Å². The molecule has 3 N–H and O–H groups in total. The van der Waals surface area contributed by atoms with E-state index < -0.39 is 0 Å². The first-order chi connectivity index (χ1) is 8.59. The minimum Gasteiger partial charge on any atom is -0.388 e. The second-order valence-electron chi connectivity index (χ2n) is 4.83. The Bertz CT molecular complexity index is 449. The molecule has 0 bridgehead atoms. The van der Waals surface area contributed by atoms with Crippen molar-refractivity contribution in [1.29, 1.82) is 0 Å². The fourth-order valence-corrected chi connectivity index (χ4v) is 2.63. The van der Waals surface area contributed by atoms with Gasteiger partial charge in [-0.05, 0) is 31.9 Å². The molecule has 0 aromatic carbocycles. The van der Waals surface area contributed by atoms with Crippen molar-refractivity contribution in [1.82, 2.24) is 9.88 Å². The van der Waals surface area contributed by atoms with E-state index in [1.165, 1.54) is 12.8 Å². The molecule has 1 unspecified atom stereocenters.